The summed E-state index contributed by atoms with van der Waals surface area (Å²) in [5, 5.41) is 5.57. The highest BCUT2D eigenvalue weighted by molar-refractivity contribution is 6.00. The van der Waals surface area contributed by atoms with Gasteiger partial charge in [-0.25, -0.2) is 0 Å². The van der Waals surface area contributed by atoms with Crippen LogP contribution in [0.2, 0.25) is 0 Å². The van der Waals surface area contributed by atoms with E-state index < -0.39 is 18.0 Å². The van der Waals surface area contributed by atoms with E-state index in [2.05, 4.69) is 10.6 Å². The lowest BCUT2D eigenvalue weighted by molar-refractivity contribution is -0.133. The van der Waals surface area contributed by atoms with Gasteiger partial charge in [0.1, 0.15) is 12.1 Å². The number of rotatable bonds is 5. The molecule has 0 unspecified atom stereocenters. The third-order valence-corrected chi connectivity index (χ3v) is 6.48. The van der Waals surface area contributed by atoms with Crippen LogP contribution in [0.15, 0.2) is 54.6 Å². The monoisotopic (exact) mass is 477 g/mol. The molecule has 9 nitrogen and oxygen atoms in total. The zero-order valence-electron chi connectivity index (χ0n) is 20.1. The maximum atomic E-state index is 13.4. The molecule has 2 saturated heterocycles. The fourth-order valence-electron chi connectivity index (χ4n) is 4.44. The lowest BCUT2D eigenvalue weighted by atomic mass is 10.0. The summed E-state index contributed by atoms with van der Waals surface area (Å²) in [4.78, 5) is 57.2. The van der Waals surface area contributed by atoms with E-state index in [-0.39, 0.29) is 30.8 Å². The zero-order valence-corrected chi connectivity index (χ0v) is 20.1. The molecule has 0 radical (unpaired) electrons. The number of carbonyl (C=O) groups is 4. The van der Waals surface area contributed by atoms with E-state index in [9.17, 15) is 19.2 Å². The number of piperidine rings is 1. The maximum Gasteiger partial charge on any atom is 0.254 e. The molecule has 2 atom stereocenters. The molecule has 2 aromatic carbocycles. The molecule has 0 saturated carbocycles. The standard InChI is InChI=1S/C26H31N5O4/c1-29(2)20-12-10-19(11-13-20)26(35)31-16-15-30(25(34)18-7-4-3-5-8-18)17-22(31)24(33)28-21-9-6-14-27-23(21)32/h3-5,7-8,10-13,21-22H,6,9,14-17H2,1-2H3,(H,27,32)(H,28,33)/t21-,22-/m0/s1. The van der Waals surface area contributed by atoms with Crippen molar-refractivity contribution in [2.24, 2.45) is 0 Å². The van der Waals surface area contributed by atoms with Crippen molar-refractivity contribution in [3.8, 4) is 0 Å². The maximum absolute atomic E-state index is 13.4. The van der Waals surface area contributed by atoms with Crippen molar-refractivity contribution in [2.75, 3.05) is 45.2 Å². The Kier molecular flexibility index (Phi) is 7.33. The quantitative estimate of drug-likeness (QED) is 0.672. The van der Waals surface area contributed by atoms with Gasteiger partial charge in [0.25, 0.3) is 11.8 Å². The summed E-state index contributed by atoms with van der Waals surface area (Å²) < 4.78 is 0. The SMILES string of the molecule is CN(C)c1ccc(C(=O)N2CCN(C(=O)c3ccccc3)C[C@H]2C(=O)N[C@H]2CCCNC2=O)cc1. The second-order valence-corrected chi connectivity index (χ2v) is 9.07. The van der Waals surface area contributed by atoms with Crippen molar-refractivity contribution in [1.82, 2.24) is 20.4 Å². The number of hydrogen-bond donors (Lipinski definition) is 2. The highest BCUT2D eigenvalue weighted by Gasteiger charge is 2.39. The van der Waals surface area contributed by atoms with Gasteiger partial charge in [-0.15, -0.1) is 0 Å². The Bertz CT molecular complexity index is 1090. The fraction of sp³-hybridized carbons (Fsp3) is 0.385. The number of nitrogens with one attached hydrogen (secondary N) is 2. The minimum absolute atomic E-state index is 0.0510. The molecule has 0 bridgehead atoms. The Morgan fingerprint density at radius 1 is 0.943 bits per heavy atom. The Balaban J connectivity index is 1.56. The van der Waals surface area contributed by atoms with Crippen LogP contribution in [-0.2, 0) is 9.59 Å². The third kappa shape index (κ3) is 5.45. The summed E-state index contributed by atoms with van der Waals surface area (Å²) in [7, 11) is 3.84. The van der Waals surface area contributed by atoms with Gasteiger partial charge < -0.3 is 25.3 Å². The Hall–Kier alpha value is -3.88. The molecule has 35 heavy (non-hydrogen) atoms. The van der Waals surface area contributed by atoms with Gasteiger partial charge in [0.05, 0.1) is 6.54 Å². The van der Waals surface area contributed by atoms with Crippen LogP contribution in [0.5, 0.6) is 0 Å². The second-order valence-electron chi connectivity index (χ2n) is 9.07. The van der Waals surface area contributed by atoms with Gasteiger partial charge in [0, 0.05) is 50.5 Å². The van der Waals surface area contributed by atoms with Gasteiger partial charge in [0.2, 0.25) is 11.8 Å². The molecule has 2 N–H and O–H groups in total. The van der Waals surface area contributed by atoms with Crippen LogP contribution in [0.3, 0.4) is 0 Å². The highest BCUT2D eigenvalue weighted by Crippen LogP contribution is 2.20. The summed E-state index contributed by atoms with van der Waals surface area (Å²) >= 11 is 0. The van der Waals surface area contributed by atoms with E-state index in [1.807, 2.05) is 37.2 Å². The van der Waals surface area contributed by atoms with Crippen molar-refractivity contribution >= 4 is 29.3 Å². The van der Waals surface area contributed by atoms with E-state index in [0.29, 0.717) is 30.6 Å². The van der Waals surface area contributed by atoms with Crippen molar-refractivity contribution in [1.29, 1.82) is 0 Å². The van der Waals surface area contributed by atoms with Crippen LogP contribution in [-0.4, -0.2) is 85.8 Å². The van der Waals surface area contributed by atoms with Crippen molar-refractivity contribution < 1.29 is 19.2 Å². The third-order valence-electron chi connectivity index (χ3n) is 6.48. The zero-order chi connectivity index (χ0) is 24.9. The number of carbonyl (C=O) groups excluding carboxylic acids is 4. The predicted octanol–water partition coefficient (Wildman–Crippen LogP) is 1.11. The van der Waals surface area contributed by atoms with Crippen LogP contribution in [0.1, 0.15) is 33.6 Å². The van der Waals surface area contributed by atoms with E-state index in [0.717, 1.165) is 12.1 Å². The number of amides is 4. The molecule has 2 heterocycles. The largest absolute Gasteiger partial charge is 0.378 e. The highest BCUT2D eigenvalue weighted by atomic mass is 16.2. The number of piperazine rings is 1. The summed E-state index contributed by atoms with van der Waals surface area (Å²) in [6.45, 7) is 1.15. The smallest absolute Gasteiger partial charge is 0.254 e. The molecule has 2 fully saturated rings. The summed E-state index contributed by atoms with van der Waals surface area (Å²) in [6, 6.07) is 14.5. The topological polar surface area (TPSA) is 102 Å². The van der Waals surface area contributed by atoms with E-state index in [1.165, 1.54) is 4.90 Å². The Morgan fingerprint density at radius 3 is 2.29 bits per heavy atom. The Morgan fingerprint density at radius 2 is 1.63 bits per heavy atom. The van der Waals surface area contributed by atoms with Gasteiger partial charge >= 0.3 is 0 Å². The van der Waals surface area contributed by atoms with E-state index in [1.54, 1.807) is 41.3 Å². The van der Waals surface area contributed by atoms with Crippen LogP contribution < -0.4 is 15.5 Å². The number of benzene rings is 2. The first-order valence-corrected chi connectivity index (χ1v) is 11.9. The number of anilines is 1. The van der Waals surface area contributed by atoms with Crippen molar-refractivity contribution in [3.05, 3.63) is 65.7 Å². The lowest BCUT2D eigenvalue weighted by Crippen LogP contribution is -2.63. The first-order chi connectivity index (χ1) is 16.8. The first-order valence-electron chi connectivity index (χ1n) is 11.9. The average molecular weight is 478 g/mol. The average Bonchev–Trinajstić information content (AvgIpc) is 2.89. The van der Waals surface area contributed by atoms with Crippen LogP contribution in [0, 0.1) is 0 Å². The van der Waals surface area contributed by atoms with Gasteiger partial charge in [-0.2, -0.15) is 0 Å². The van der Waals surface area contributed by atoms with Crippen LogP contribution in [0.4, 0.5) is 5.69 Å². The molecule has 2 aliphatic heterocycles. The summed E-state index contributed by atoms with van der Waals surface area (Å²) in [6.07, 6.45) is 1.30. The molecule has 0 spiro atoms. The molecule has 9 heteroatoms. The van der Waals surface area contributed by atoms with Gasteiger partial charge in [-0.05, 0) is 49.2 Å². The van der Waals surface area contributed by atoms with Gasteiger partial charge in [-0.3, -0.25) is 19.2 Å². The molecule has 2 aliphatic rings. The van der Waals surface area contributed by atoms with Crippen LogP contribution in [0.25, 0.3) is 0 Å². The molecule has 2 aromatic rings. The molecule has 184 valence electrons. The molecular formula is C26H31N5O4. The minimum Gasteiger partial charge on any atom is -0.378 e. The normalized spacial score (nSPS) is 20.1. The number of nitrogens with zero attached hydrogens (tertiary/aromatic N) is 3. The van der Waals surface area contributed by atoms with Crippen LogP contribution >= 0.6 is 0 Å². The van der Waals surface area contributed by atoms with Gasteiger partial charge in [-0.1, -0.05) is 18.2 Å². The minimum atomic E-state index is -0.910. The lowest BCUT2D eigenvalue weighted by Gasteiger charge is -2.41. The molecule has 0 aliphatic carbocycles. The van der Waals surface area contributed by atoms with E-state index >= 15 is 0 Å². The predicted molar refractivity (Wildman–Crippen MR) is 132 cm³/mol. The van der Waals surface area contributed by atoms with E-state index in [4.69, 9.17) is 0 Å². The molecule has 4 amide bonds. The van der Waals surface area contributed by atoms with Crippen molar-refractivity contribution in [2.45, 2.75) is 24.9 Å². The Labute approximate surface area is 205 Å². The first kappa shape index (κ1) is 24.3. The van der Waals surface area contributed by atoms with Gasteiger partial charge in [0.15, 0.2) is 0 Å². The summed E-state index contributed by atoms with van der Waals surface area (Å²) in [5.74, 6) is -1.14. The second kappa shape index (κ2) is 10.6. The molecule has 4 rings (SSSR count). The number of hydrogen-bond acceptors (Lipinski definition) is 5. The molecular weight excluding hydrogens is 446 g/mol. The fourth-order valence-corrected chi connectivity index (χ4v) is 4.44. The van der Waals surface area contributed by atoms with Crippen molar-refractivity contribution in [3.63, 3.8) is 0 Å². The molecule has 0 aromatic heterocycles. The summed E-state index contributed by atoms with van der Waals surface area (Å²) in [5.41, 5.74) is 1.95.